The van der Waals surface area contributed by atoms with Crippen LogP contribution in [-0.2, 0) is 0 Å². The third kappa shape index (κ3) is 2.02. The monoisotopic (exact) mass is 410 g/mol. The summed E-state index contributed by atoms with van der Waals surface area (Å²) < 4.78 is 3.04. The summed E-state index contributed by atoms with van der Waals surface area (Å²) in [6.45, 7) is 0. The van der Waals surface area contributed by atoms with Crippen molar-refractivity contribution in [1.29, 1.82) is 0 Å². The van der Waals surface area contributed by atoms with Gasteiger partial charge in [-0.3, -0.25) is 0 Å². The molecule has 2 aromatic heterocycles. The van der Waals surface area contributed by atoms with Crippen LogP contribution in [0.4, 0.5) is 0 Å². The molecule has 0 N–H and O–H groups in total. The fourth-order valence-corrected chi connectivity index (χ4v) is 2.19. The van der Waals surface area contributed by atoms with Crippen molar-refractivity contribution in [3.05, 3.63) is 40.4 Å². The third-order valence-corrected chi connectivity index (χ3v) is 3.32. The molecule has 0 amide bonds. The molecule has 0 radical (unpaired) electrons. The predicted octanol–water partition coefficient (Wildman–Crippen LogP) is 2.23. The predicted molar refractivity (Wildman–Crippen MR) is 69.8 cm³/mol. The van der Waals surface area contributed by atoms with Gasteiger partial charge in [-0.15, -0.1) is 0 Å². The number of hydrogen-bond acceptors (Lipinski definition) is 2. The Morgan fingerprint density at radius 2 is 1.93 bits per heavy atom. The second-order valence-corrected chi connectivity index (χ2v) is 4.79. The molecule has 0 aliphatic heterocycles. The van der Waals surface area contributed by atoms with E-state index in [4.69, 9.17) is 0 Å². The fourth-order valence-electron chi connectivity index (χ4n) is 1.07. The molecule has 0 bridgehead atoms. The van der Waals surface area contributed by atoms with Gasteiger partial charge in [-0.1, -0.05) is 0 Å². The van der Waals surface area contributed by atoms with Gasteiger partial charge in [-0.2, -0.15) is 2.78 Å². The van der Waals surface area contributed by atoms with Crippen LogP contribution in [0.1, 0.15) is 0 Å². The van der Waals surface area contributed by atoms with Gasteiger partial charge in [0.15, 0.2) is 5.69 Å². The van der Waals surface area contributed by atoms with Crippen LogP contribution in [0.5, 0.6) is 0 Å². The average molecular weight is 410 g/mol. The number of pyridine rings is 1. The molecular weight excluding hydrogens is 404 g/mol. The van der Waals surface area contributed by atoms with E-state index < -0.39 is 0 Å². The van der Waals surface area contributed by atoms with Crippen LogP contribution < -0.4 is 2.78 Å². The lowest BCUT2D eigenvalue weighted by atomic mass is 10.3. The molecule has 0 aliphatic carbocycles. The second-order valence-electron chi connectivity index (χ2n) is 2.59. The number of nitrogens with zero attached hydrogens (tertiary/aromatic N) is 3. The van der Waals surface area contributed by atoms with E-state index in [2.05, 4.69) is 55.4 Å². The van der Waals surface area contributed by atoms with Gasteiger partial charge < -0.3 is 0 Å². The highest BCUT2D eigenvalue weighted by atomic mass is 127. The van der Waals surface area contributed by atoms with Crippen LogP contribution in [0.2, 0.25) is 0 Å². The summed E-state index contributed by atoms with van der Waals surface area (Å²) in [7, 11) is 0. The Hall–Kier alpha value is -0.310. The fraction of sp³-hybridized carbons (Fsp3) is 0. The molecular formula is C9H6I2N3+. The molecule has 0 saturated heterocycles. The summed E-state index contributed by atoms with van der Waals surface area (Å²) in [6.07, 6.45) is 5.51. The molecule has 0 aliphatic rings. The van der Waals surface area contributed by atoms with Crippen molar-refractivity contribution in [3.63, 3.8) is 0 Å². The zero-order valence-electron chi connectivity index (χ0n) is 7.06. The Kier molecular flexibility index (Phi) is 3.26. The Balaban J connectivity index is 2.61. The van der Waals surface area contributed by atoms with Crippen molar-refractivity contribution in [1.82, 2.24) is 9.97 Å². The van der Waals surface area contributed by atoms with Gasteiger partial charge in [0.1, 0.15) is 12.4 Å². The average Bonchev–Trinajstić information content (AvgIpc) is 2.20. The molecule has 0 spiro atoms. The van der Waals surface area contributed by atoms with E-state index in [0.717, 1.165) is 15.1 Å². The van der Waals surface area contributed by atoms with E-state index >= 15 is 0 Å². The van der Waals surface area contributed by atoms with Crippen LogP contribution in [0.25, 0.3) is 11.5 Å². The molecule has 2 rings (SSSR count). The van der Waals surface area contributed by atoms with Crippen LogP contribution >= 0.6 is 45.5 Å². The number of rotatable bonds is 1. The molecule has 0 saturated carbocycles. The van der Waals surface area contributed by atoms with E-state index in [1.807, 2.05) is 27.2 Å². The zero-order valence-corrected chi connectivity index (χ0v) is 11.4. The first kappa shape index (κ1) is 10.2. The first-order chi connectivity index (χ1) is 6.79. The molecule has 0 atom stereocenters. The Morgan fingerprint density at radius 1 is 1.14 bits per heavy atom. The van der Waals surface area contributed by atoms with Crippen molar-refractivity contribution in [2.45, 2.75) is 0 Å². The molecule has 3 nitrogen and oxygen atoms in total. The minimum Gasteiger partial charge on any atom is -0.247 e. The topological polar surface area (TPSA) is 29.7 Å². The van der Waals surface area contributed by atoms with E-state index in [-0.39, 0.29) is 0 Å². The first-order valence-corrected chi connectivity index (χ1v) is 5.97. The molecule has 2 aromatic rings. The van der Waals surface area contributed by atoms with E-state index in [9.17, 15) is 0 Å². The molecule has 0 aromatic carbocycles. The normalized spacial score (nSPS) is 10.1. The highest BCUT2D eigenvalue weighted by Gasteiger charge is 2.16. The maximum absolute atomic E-state index is 4.31. The Bertz CT molecular complexity index is 416. The SMILES string of the molecule is Ic1cccnc1-c1nccc[n+]1I. The van der Waals surface area contributed by atoms with Crippen LogP contribution in [0.3, 0.4) is 0 Å². The van der Waals surface area contributed by atoms with Crippen LogP contribution in [-0.4, -0.2) is 9.97 Å². The second kappa shape index (κ2) is 4.47. The minimum absolute atomic E-state index is 0.873. The Morgan fingerprint density at radius 3 is 2.64 bits per heavy atom. The number of hydrogen-bond donors (Lipinski definition) is 0. The lowest BCUT2D eigenvalue weighted by molar-refractivity contribution is -0.431. The lowest BCUT2D eigenvalue weighted by Gasteiger charge is -1.97. The van der Waals surface area contributed by atoms with Gasteiger partial charge in [0.2, 0.25) is 22.9 Å². The molecule has 0 unspecified atom stereocenters. The summed E-state index contributed by atoms with van der Waals surface area (Å²) in [5.41, 5.74) is 0.920. The van der Waals surface area contributed by atoms with E-state index in [0.29, 0.717) is 0 Å². The number of halogens is 2. The standard InChI is InChI=1S/C9H6I2N3/c10-7-3-1-4-12-8(7)9-13-5-2-6-14(9)11/h1-6H/q+1. The maximum atomic E-state index is 4.31. The van der Waals surface area contributed by atoms with Gasteiger partial charge in [0.25, 0.3) is 0 Å². The minimum atomic E-state index is 0.873. The molecule has 14 heavy (non-hydrogen) atoms. The maximum Gasteiger partial charge on any atom is 0.358 e. The van der Waals surface area contributed by atoms with Gasteiger partial charge in [-0.25, -0.2) is 4.98 Å². The quantitative estimate of drug-likeness (QED) is 0.676. The highest BCUT2D eigenvalue weighted by Crippen LogP contribution is 2.17. The third-order valence-electron chi connectivity index (χ3n) is 1.67. The van der Waals surface area contributed by atoms with Crippen molar-refractivity contribution >= 4 is 45.5 Å². The van der Waals surface area contributed by atoms with Gasteiger partial charge >= 0.3 is 5.82 Å². The smallest absolute Gasteiger partial charge is 0.247 e. The Labute approximate surface area is 109 Å². The molecule has 5 heteroatoms. The van der Waals surface area contributed by atoms with Crippen molar-refractivity contribution in [2.24, 2.45) is 0 Å². The highest BCUT2D eigenvalue weighted by molar-refractivity contribution is 14.1. The van der Waals surface area contributed by atoms with Crippen molar-refractivity contribution < 1.29 is 2.78 Å². The van der Waals surface area contributed by atoms with Gasteiger partial charge in [0.05, 0.1) is 0 Å². The molecule has 2 heterocycles. The van der Waals surface area contributed by atoms with E-state index in [1.54, 1.807) is 12.4 Å². The van der Waals surface area contributed by atoms with Gasteiger partial charge in [0, 0.05) is 15.8 Å². The lowest BCUT2D eigenvalue weighted by Crippen LogP contribution is -2.23. The zero-order chi connectivity index (χ0) is 9.97. The largest absolute Gasteiger partial charge is 0.358 e. The van der Waals surface area contributed by atoms with Crippen molar-refractivity contribution in [2.75, 3.05) is 0 Å². The van der Waals surface area contributed by atoms with Crippen LogP contribution in [0, 0.1) is 3.57 Å². The summed E-state index contributed by atoms with van der Waals surface area (Å²) in [5.74, 6) is 0.873. The summed E-state index contributed by atoms with van der Waals surface area (Å²) in [6, 6.07) is 5.84. The first-order valence-electron chi connectivity index (χ1n) is 3.93. The summed E-state index contributed by atoms with van der Waals surface area (Å²) in [5, 5.41) is 0. The van der Waals surface area contributed by atoms with Gasteiger partial charge in [-0.05, 0) is 39.7 Å². The summed E-state index contributed by atoms with van der Waals surface area (Å²) in [4.78, 5) is 8.61. The van der Waals surface area contributed by atoms with Crippen molar-refractivity contribution in [3.8, 4) is 11.5 Å². The summed E-state index contributed by atoms with van der Waals surface area (Å²) >= 11 is 4.45. The molecule has 70 valence electrons. The molecule has 0 fully saturated rings. The van der Waals surface area contributed by atoms with E-state index in [1.165, 1.54) is 0 Å². The van der Waals surface area contributed by atoms with Crippen LogP contribution in [0.15, 0.2) is 36.8 Å². The number of aromatic nitrogens is 3.